The first kappa shape index (κ1) is 30.0. The van der Waals surface area contributed by atoms with Crippen LogP contribution in [0.1, 0.15) is 25.3 Å². The van der Waals surface area contributed by atoms with Crippen molar-refractivity contribution in [3.05, 3.63) is 46.0 Å². The molecule has 1 spiro atoms. The zero-order valence-corrected chi connectivity index (χ0v) is 22.7. The maximum Gasteiger partial charge on any atom is 0.326 e. The van der Waals surface area contributed by atoms with Gasteiger partial charge in [0.05, 0.1) is 23.3 Å². The first-order valence-corrected chi connectivity index (χ1v) is 14.3. The van der Waals surface area contributed by atoms with Gasteiger partial charge in [0, 0.05) is 24.5 Å². The largest absolute Gasteiger partial charge is 0.480 e. The Morgan fingerprint density at radius 2 is 1.87 bits per heavy atom. The molecule has 2 aliphatic heterocycles. The Morgan fingerprint density at radius 3 is 2.53 bits per heavy atom. The van der Waals surface area contributed by atoms with E-state index in [0.717, 1.165) is 17.1 Å². The van der Waals surface area contributed by atoms with E-state index in [1.165, 1.54) is 4.90 Å². The Morgan fingerprint density at radius 1 is 1.18 bits per heavy atom. The lowest BCUT2D eigenvalue weighted by Gasteiger charge is -2.28. The Balaban J connectivity index is 1.58. The van der Waals surface area contributed by atoms with Gasteiger partial charge in [0.2, 0.25) is 5.91 Å². The fourth-order valence-corrected chi connectivity index (χ4v) is 7.67. The van der Waals surface area contributed by atoms with Gasteiger partial charge in [0.25, 0.3) is 5.09 Å². The SMILES string of the molecule is CC(NC(CCc1ccccc1)C(=O)OCCOCCO[N+](=O)[O-])C(=O)N1CC2(CC1C(=O)O)SCCS2. The molecule has 210 valence electrons. The molecule has 3 unspecified atom stereocenters. The van der Waals surface area contributed by atoms with Crippen LogP contribution in [0.15, 0.2) is 30.3 Å². The zero-order chi connectivity index (χ0) is 27.5. The van der Waals surface area contributed by atoms with E-state index in [9.17, 15) is 29.6 Å². The van der Waals surface area contributed by atoms with Gasteiger partial charge < -0.3 is 24.3 Å². The number of rotatable bonds is 15. The number of ether oxygens (including phenoxy) is 2. The summed E-state index contributed by atoms with van der Waals surface area (Å²) in [6.07, 6.45) is 1.30. The highest BCUT2D eigenvalue weighted by atomic mass is 32.2. The molecule has 14 heteroatoms. The smallest absolute Gasteiger partial charge is 0.326 e. The molecule has 0 saturated carbocycles. The standard InChI is InChI=1S/C24H33N3O9S2/c1-17(21(28)26-16-24(37-13-14-38-24)15-20(26)22(29)30)25-19(8-7-18-5-3-2-4-6-18)23(31)35-11-9-34-10-12-36-27(32)33/h2-6,17,19-20,25H,7-16H2,1H3,(H,29,30). The molecule has 2 aliphatic rings. The molecule has 2 N–H and O–H groups in total. The maximum absolute atomic E-state index is 13.4. The topological polar surface area (TPSA) is 158 Å². The molecule has 0 aliphatic carbocycles. The second-order valence-electron chi connectivity index (χ2n) is 8.93. The molecule has 38 heavy (non-hydrogen) atoms. The summed E-state index contributed by atoms with van der Waals surface area (Å²) in [7, 11) is 0. The average Bonchev–Trinajstić information content (AvgIpc) is 3.52. The van der Waals surface area contributed by atoms with Gasteiger partial charge in [-0.3, -0.25) is 14.9 Å². The first-order chi connectivity index (χ1) is 18.2. The summed E-state index contributed by atoms with van der Waals surface area (Å²) < 4.78 is 10.2. The summed E-state index contributed by atoms with van der Waals surface area (Å²) >= 11 is 3.41. The molecule has 3 rings (SSSR count). The molecule has 0 bridgehead atoms. The number of esters is 1. The number of nitrogens with one attached hydrogen (secondary N) is 1. The van der Waals surface area contributed by atoms with Crippen molar-refractivity contribution in [3.8, 4) is 0 Å². The third kappa shape index (κ3) is 8.75. The lowest BCUT2D eigenvalue weighted by molar-refractivity contribution is -0.758. The minimum atomic E-state index is -1.03. The number of amides is 1. The van der Waals surface area contributed by atoms with Crippen LogP contribution < -0.4 is 5.32 Å². The van der Waals surface area contributed by atoms with E-state index in [0.29, 0.717) is 25.8 Å². The molecule has 1 aromatic carbocycles. The Labute approximate surface area is 229 Å². The van der Waals surface area contributed by atoms with Crippen molar-refractivity contribution < 1.29 is 38.9 Å². The van der Waals surface area contributed by atoms with Crippen molar-refractivity contribution in [1.82, 2.24) is 10.2 Å². The predicted octanol–water partition coefficient (Wildman–Crippen LogP) is 1.60. The number of carbonyl (C=O) groups excluding carboxylic acids is 2. The van der Waals surface area contributed by atoms with E-state index in [2.05, 4.69) is 10.2 Å². The van der Waals surface area contributed by atoms with Gasteiger partial charge in [-0.1, -0.05) is 30.3 Å². The number of carbonyl (C=O) groups is 3. The van der Waals surface area contributed by atoms with E-state index >= 15 is 0 Å². The summed E-state index contributed by atoms with van der Waals surface area (Å²) in [5.41, 5.74) is 1.02. The number of hydrogen-bond acceptors (Lipinski definition) is 11. The van der Waals surface area contributed by atoms with E-state index in [-0.39, 0.29) is 36.4 Å². The number of likely N-dealkylation sites (tertiary alicyclic amines) is 1. The monoisotopic (exact) mass is 571 g/mol. The second kappa shape index (κ2) is 14.6. The molecule has 3 atom stereocenters. The number of nitrogens with zero attached hydrogens (tertiary/aromatic N) is 2. The van der Waals surface area contributed by atoms with Crippen LogP contribution >= 0.6 is 23.5 Å². The summed E-state index contributed by atoms with van der Waals surface area (Å²) in [6, 6.07) is 7.04. The van der Waals surface area contributed by atoms with Gasteiger partial charge in [0.15, 0.2) is 0 Å². The highest BCUT2D eigenvalue weighted by Crippen LogP contribution is 2.51. The van der Waals surface area contributed by atoms with Crippen molar-refractivity contribution in [1.29, 1.82) is 0 Å². The van der Waals surface area contributed by atoms with Crippen LogP contribution in [0.4, 0.5) is 0 Å². The number of carboxylic acids is 1. The molecule has 1 aromatic rings. The van der Waals surface area contributed by atoms with Crippen molar-refractivity contribution in [2.24, 2.45) is 0 Å². The van der Waals surface area contributed by atoms with Crippen molar-refractivity contribution >= 4 is 41.4 Å². The number of benzene rings is 1. The van der Waals surface area contributed by atoms with Crippen molar-refractivity contribution in [2.45, 2.75) is 48.4 Å². The predicted molar refractivity (Wildman–Crippen MR) is 141 cm³/mol. The fraction of sp³-hybridized carbons (Fsp3) is 0.625. The number of carboxylic acid groups (broad SMARTS) is 1. The summed E-state index contributed by atoms with van der Waals surface area (Å²) in [6.45, 7) is 1.67. The van der Waals surface area contributed by atoms with Gasteiger partial charge >= 0.3 is 11.9 Å². The minimum absolute atomic E-state index is 0.0260. The van der Waals surface area contributed by atoms with Crippen LogP contribution in [-0.2, 0) is 35.1 Å². The normalized spacial score (nSPS) is 19.7. The van der Waals surface area contributed by atoms with E-state index in [1.54, 1.807) is 30.4 Å². The molecule has 12 nitrogen and oxygen atoms in total. The highest BCUT2D eigenvalue weighted by Gasteiger charge is 2.52. The third-order valence-electron chi connectivity index (χ3n) is 6.24. The first-order valence-electron chi connectivity index (χ1n) is 12.3. The van der Waals surface area contributed by atoms with Gasteiger partial charge in [-0.2, -0.15) is 0 Å². The molecule has 2 saturated heterocycles. The van der Waals surface area contributed by atoms with Gasteiger partial charge in [-0.05, 0) is 25.3 Å². The number of aryl methyl sites for hydroxylation is 1. The Kier molecular flexibility index (Phi) is 11.5. The third-order valence-corrected chi connectivity index (χ3v) is 9.67. The van der Waals surface area contributed by atoms with Gasteiger partial charge in [-0.15, -0.1) is 33.6 Å². The maximum atomic E-state index is 13.4. The lowest BCUT2D eigenvalue weighted by atomic mass is 10.0. The lowest BCUT2D eigenvalue weighted by Crippen LogP contribution is -2.53. The van der Waals surface area contributed by atoms with Crippen molar-refractivity contribution in [3.63, 3.8) is 0 Å². The molecule has 2 heterocycles. The quantitative estimate of drug-likeness (QED) is 0.136. The van der Waals surface area contributed by atoms with E-state index < -0.39 is 35.2 Å². The average molecular weight is 572 g/mol. The molecular formula is C24H33N3O9S2. The molecule has 2 fully saturated rings. The van der Waals surface area contributed by atoms with Crippen LogP contribution in [0.3, 0.4) is 0 Å². The number of thioether (sulfide) groups is 2. The summed E-state index contributed by atoms with van der Waals surface area (Å²) in [5.74, 6) is -0.118. The zero-order valence-electron chi connectivity index (χ0n) is 21.1. The van der Waals surface area contributed by atoms with Crippen LogP contribution in [0, 0.1) is 10.1 Å². The number of aliphatic carboxylic acids is 1. The minimum Gasteiger partial charge on any atom is -0.480 e. The van der Waals surface area contributed by atoms with Crippen LogP contribution in [0.25, 0.3) is 0 Å². The molecule has 0 radical (unpaired) electrons. The van der Waals surface area contributed by atoms with Crippen molar-refractivity contribution in [2.75, 3.05) is 44.5 Å². The Hall–Kier alpha value is -2.55. The summed E-state index contributed by atoms with van der Waals surface area (Å²) in [5, 5.41) is 22.1. The molecule has 0 aromatic heterocycles. The van der Waals surface area contributed by atoms with Gasteiger partial charge in [-0.25, -0.2) is 4.79 Å². The van der Waals surface area contributed by atoms with E-state index in [1.807, 2.05) is 30.3 Å². The molecular weight excluding hydrogens is 538 g/mol. The van der Waals surface area contributed by atoms with Crippen LogP contribution in [0.2, 0.25) is 0 Å². The van der Waals surface area contributed by atoms with E-state index in [4.69, 9.17) is 9.47 Å². The van der Waals surface area contributed by atoms with Gasteiger partial charge in [0.1, 0.15) is 25.3 Å². The number of hydrogen-bond donors (Lipinski definition) is 2. The highest BCUT2D eigenvalue weighted by molar-refractivity contribution is 8.21. The second-order valence-corrected chi connectivity index (χ2v) is 12.1. The van der Waals surface area contributed by atoms with Crippen LogP contribution in [0.5, 0.6) is 0 Å². The summed E-state index contributed by atoms with van der Waals surface area (Å²) in [4.78, 5) is 54.0. The fourth-order valence-electron chi connectivity index (χ4n) is 4.42. The Bertz CT molecular complexity index is 963. The molecule has 1 amide bonds. The van der Waals surface area contributed by atoms with Crippen LogP contribution in [-0.4, -0.2) is 99.6 Å².